The highest BCUT2D eigenvalue weighted by molar-refractivity contribution is 5.91. The maximum atomic E-state index is 12.6. The number of nitrogens with zero attached hydrogens (tertiary/aromatic N) is 3. The number of anilines is 2. The molecule has 0 unspecified atom stereocenters. The van der Waals surface area contributed by atoms with Gasteiger partial charge in [-0.2, -0.15) is 18.3 Å². The standard InChI is InChI=1S/C19H15F3N6/c20-19(21,22)14-4-1-11(2-5-14)8-24-18-25-9-13(10-26-18)12-3-6-15-16(7-12)27-28-17(15)23/h1-7,9-10H,8H2,(H3,23,27,28)(H,24,25,26). The van der Waals surface area contributed by atoms with E-state index >= 15 is 0 Å². The van der Waals surface area contributed by atoms with Crippen molar-refractivity contribution in [2.24, 2.45) is 0 Å². The van der Waals surface area contributed by atoms with Gasteiger partial charge in [-0.05, 0) is 35.4 Å². The van der Waals surface area contributed by atoms with E-state index < -0.39 is 11.7 Å². The molecule has 0 spiro atoms. The summed E-state index contributed by atoms with van der Waals surface area (Å²) in [6.07, 6.45) is -0.998. The van der Waals surface area contributed by atoms with Gasteiger partial charge in [0.2, 0.25) is 5.95 Å². The molecule has 28 heavy (non-hydrogen) atoms. The zero-order valence-electron chi connectivity index (χ0n) is 14.5. The van der Waals surface area contributed by atoms with Crippen LogP contribution >= 0.6 is 0 Å². The van der Waals surface area contributed by atoms with E-state index in [9.17, 15) is 13.2 Å². The van der Waals surface area contributed by atoms with E-state index in [4.69, 9.17) is 5.73 Å². The Hall–Kier alpha value is -3.62. The molecule has 0 aliphatic rings. The molecule has 142 valence electrons. The molecule has 0 atom stereocenters. The minimum atomic E-state index is -4.34. The van der Waals surface area contributed by atoms with Gasteiger partial charge in [-0.3, -0.25) is 5.10 Å². The van der Waals surface area contributed by atoms with Crippen molar-refractivity contribution in [1.29, 1.82) is 0 Å². The summed E-state index contributed by atoms with van der Waals surface area (Å²) in [7, 11) is 0. The van der Waals surface area contributed by atoms with Crippen LogP contribution in [-0.4, -0.2) is 20.2 Å². The Bertz CT molecular complexity index is 1100. The van der Waals surface area contributed by atoms with E-state index in [0.717, 1.165) is 34.2 Å². The van der Waals surface area contributed by atoms with Crippen LogP contribution in [0.1, 0.15) is 11.1 Å². The molecule has 0 saturated heterocycles. The molecule has 0 amide bonds. The summed E-state index contributed by atoms with van der Waals surface area (Å²) in [5.41, 5.74) is 8.33. The molecule has 0 fully saturated rings. The van der Waals surface area contributed by atoms with Gasteiger partial charge >= 0.3 is 6.18 Å². The summed E-state index contributed by atoms with van der Waals surface area (Å²) in [5.74, 6) is 0.830. The summed E-state index contributed by atoms with van der Waals surface area (Å²) in [4.78, 5) is 8.52. The largest absolute Gasteiger partial charge is 0.416 e. The zero-order chi connectivity index (χ0) is 19.7. The van der Waals surface area contributed by atoms with Crippen molar-refractivity contribution in [2.75, 3.05) is 11.1 Å². The number of aromatic nitrogens is 4. The number of alkyl halides is 3. The summed E-state index contributed by atoms with van der Waals surface area (Å²) < 4.78 is 37.8. The first kappa shape index (κ1) is 17.8. The van der Waals surface area contributed by atoms with E-state index in [1.807, 2.05) is 18.2 Å². The van der Waals surface area contributed by atoms with Crippen LogP contribution in [0.3, 0.4) is 0 Å². The van der Waals surface area contributed by atoms with Gasteiger partial charge in [0.05, 0.1) is 11.1 Å². The predicted molar refractivity (Wildman–Crippen MR) is 100 cm³/mol. The predicted octanol–water partition coefficient (Wildman–Crippen LogP) is 4.23. The number of halogens is 3. The molecular formula is C19H15F3N6. The fraction of sp³-hybridized carbons (Fsp3) is 0.105. The van der Waals surface area contributed by atoms with Gasteiger partial charge in [-0.25, -0.2) is 9.97 Å². The van der Waals surface area contributed by atoms with Crippen LogP contribution in [0, 0.1) is 0 Å². The number of nitrogens with one attached hydrogen (secondary N) is 2. The minimum Gasteiger partial charge on any atom is -0.382 e. The first-order valence-electron chi connectivity index (χ1n) is 8.36. The normalized spacial score (nSPS) is 11.7. The van der Waals surface area contributed by atoms with Gasteiger partial charge in [0, 0.05) is 29.9 Å². The topological polar surface area (TPSA) is 92.5 Å². The van der Waals surface area contributed by atoms with Crippen LogP contribution in [0.25, 0.3) is 22.0 Å². The fourth-order valence-electron chi connectivity index (χ4n) is 2.78. The lowest BCUT2D eigenvalue weighted by Gasteiger charge is -2.09. The second-order valence-corrected chi connectivity index (χ2v) is 6.21. The zero-order valence-corrected chi connectivity index (χ0v) is 14.5. The number of nitrogens with two attached hydrogens (primary N) is 1. The number of hydrogen-bond donors (Lipinski definition) is 3. The number of hydrogen-bond acceptors (Lipinski definition) is 5. The van der Waals surface area contributed by atoms with Gasteiger partial charge in [0.25, 0.3) is 0 Å². The number of benzene rings is 2. The van der Waals surface area contributed by atoms with Crippen molar-refractivity contribution >= 4 is 22.7 Å². The summed E-state index contributed by atoms with van der Waals surface area (Å²) in [6, 6.07) is 10.7. The van der Waals surface area contributed by atoms with Crippen molar-refractivity contribution in [3.8, 4) is 11.1 Å². The van der Waals surface area contributed by atoms with E-state index in [2.05, 4.69) is 25.5 Å². The lowest BCUT2D eigenvalue weighted by Crippen LogP contribution is -2.06. The molecule has 4 aromatic rings. The van der Waals surface area contributed by atoms with E-state index in [0.29, 0.717) is 23.9 Å². The molecule has 6 nitrogen and oxygen atoms in total. The average Bonchev–Trinajstić information content (AvgIpc) is 3.07. The number of nitrogen functional groups attached to an aromatic ring is 1. The van der Waals surface area contributed by atoms with E-state index in [1.54, 1.807) is 12.4 Å². The van der Waals surface area contributed by atoms with Crippen LogP contribution in [-0.2, 0) is 12.7 Å². The van der Waals surface area contributed by atoms with Crippen LogP contribution in [0.4, 0.5) is 24.9 Å². The Balaban J connectivity index is 1.44. The third-order valence-electron chi connectivity index (χ3n) is 4.31. The maximum Gasteiger partial charge on any atom is 0.416 e. The Labute approximate surface area is 157 Å². The first-order valence-corrected chi connectivity index (χ1v) is 8.36. The van der Waals surface area contributed by atoms with Crippen LogP contribution in [0.2, 0.25) is 0 Å². The molecule has 9 heteroatoms. The number of H-pyrrole nitrogens is 1. The van der Waals surface area contributed by atoms with Crippen LogP contribution in [0.5, 0.6) is 0 Å². The second-order valence-electron chi connectivity index (χ2n) is 6.21. The van der Waals surface area contributed by atoms with Crippen molar-refractivity contribution in [3.05, 3.63) is 66.0 Å². The molecule has 0 aliphatic heterocycles. The molecule has 0 bridgehead atoms. The molecule has 2 heterocycles. The fourth-order valence-corrected chi connectivity index (χ4v) is 2.78. The highest BCUT2D eigenvalue weighted by atomic mass is 19.4. The van der Waals surface area contributed by atoms with Crippen LogP contribution in [0.15, 0.2) is 54.9 Å². The van der Waals surface area contributed by atoms with Gasteiger partial charge in [0.1, 0.15) is 0 Å². The second kappa shape index (κ2) is 6.84. The van der Waals surface area contributed by atoms with Gasteiger partial charge in [-0.1, -0.05) is 18.2 Å². The lowest BCUT2D eigenvalue weighted by molar-refractivity contribution is -0.137. The summed E-state index contributed by atoms with van der Waals surface area (Å²) >= 11 is 0. The maximum absolute atomic E-state index is 12.6. The SMILES string of the molecule is Nc1n[nH]c2cc(-c3cnc(NCc4ccc(C(F)(F)F)cc4)nc3)ccc12. The first-order chi connectivity index (χ1) is 13.4. The molecule has 2 aromatic heterocycles. The van der Waals surface area contributed by atoms with Crippen molar-refractivity contribution in [3.63, 3.8) is 0 Å². The molecule has 2 aromatic carbocycles. The number of aromatic amines is 1. The molecule has 4 rings (SSSR count). The Morgan fingerprint density at radius 1 is 0.964 bits per heavy atom. The molecular weight excluding hydrogens is 369 g/mol. The summed E-state index contributed by atoms with van der Waals surface area (Å²) in [5, 5.41) is 10.7. The average molecular weight is 384 g/mol. The monoisotopic (exact) mass is 384 g/mol. The van der Waals surface area contributed by atoms with Crippen molar-refractivity contribution in [2.45, 2.75) is 12.7 Å². The molecule has 0 radical (unpaired) electrons. The third-order valence-corrected chi connectivity index (χ3v) is 4.31. The highest BCUT2D eigenvalue weighted by Crippen LogP contribution is 2.29. The molecule has 0 aliphatic carbocycles. The van der Waals surface area contributed by atoms with Crippen molar-refractivity contribution < 1.29 is 13.2 Å². The minimum absolute atomic E-state index is 0.316. The van der Waals surface area contributed by atoms with Gasteiger partial charge in [0.15, 0.2) is 5.82 Å². The molecule has 0 saturated carbocycles. The van der Waals surface area contributed by atoms with Crippen molar-refractivity contribution in [1.82, 2.24) is 20.2 Å². The smallest absolute Gasteiger partial charge is 0.382 e. The van der Waals surface area contributed by atoms with E-state index in [1.165, 1.54) is 12.1 Å². The Morgan fingerprint density at radius 3 is 2.36 bits per heavy atom. The van der Waals surface area contributed by atoms with Crippen LogP contribution < -0.4 is 11.1 Å². The lowest BCUT2D eigenvalue weighted by atomic mass is 10.1. The quantitative estimate of drug-likeness (QED) is 0.490. The summed E-state index contributed by atoms with van der Waals surface area (Å²) in [6.45, 7) is 0.316. The highest BCUT2D eigenvalue weighted by Gasteiger charge is 2.29. The Kier molecular flexibility index (Phi) is 4.34. The number of rotatable bonds is 4. The molecule has 4 N–H and O–H groups in total. The third kappa shape index (κ3) is 3.59. The van der Waals surface area contributed by atoms with Gasteiger partial charge < -0.3 is 11.1 Å². The number of fused-ring (bicyclic) bond motifs is 1. The van der Waals surface area contributed by atoms with E-state index in [-0.39, 0.29) is 0 Å². The Morgan fingerprint density at radius 2 is 1.68 bits per heavy atom. The van der Waals surface area contributed by atoms with Gasteiger partial charge in [-0.15, -0.1) is 0 Å².